The van der Waals surface area contributed by atoms with Gasteiger partial charge in [-0.3, -0.25) is 0 Å². The first-order valence-corrected chi connectivity index (χ1v) is 6.05. The lowest BCUT2D eigenvalue weighted by atomic mass is 10.0. The molecule has 0 atom stereocenters. The van der Waals surface area contributed by atoms with Crippen LogP contribution in [0.4, 0.5) is 0 Å². The van der Waals surface area contributed by atoms with Gasteiger partial charge in [0.2, 0.25) is 0 Å². The van der Waals surface area contributed by atoms with Gasteiger partial charge in [-0.2, -0.15) is 0 Å². The van der Waals surface area contributed by atoms with Crippen LogP contribution < -0.4 is 10.4 Å². The zero-order valence-electron chi connectivity index (χ0n) is 10.7. The Kier molecular flexibility index (Phi) is 3.43. The van der Waals surface area contributed by atoms with Crippen LogP contribution in [0.5, 0.6) is 0 Å². The van der Waals surface area contributed by atoms with Gasteiger partial charge in [-0.05, 0) is 42.3 Å². The van der Waals surface area contributed by atoms with Gasteiger partial charge in [-0.15, -0.1) is 0 Å². The second-order valence-electron chi connectivity index (χ2n) is 4.25. The van der Waals surface area contributed by atoms with Crippen molar-refractivity contribution in [1.29, 1.82) is 0 Å². The minimum absolute atomic E-state index is 1.28. The highest BCUT2D eigenvalue weighted by molar-refractivity contribution is 5.66. The van der Waals surface area contributed by atoms with E-state index in [0.29, 0.717) is 0 Å². The third kappa shape index (κ3) is 2.31. The highest BCUT2D eigenvalue weighted by Gasteiger charge is 1.99. The molecular weight excluding hydrogens is 204 g/mol. The van der Waals surface area contributed by atoms with Crippen LogP contribution in [0.3, 0.4) is 0 Å². The lowest BCUT2D eigenvalue weighted by Gasteiger charge is -2.04. The van der Waals surface area contributed by atoms with Crippen molar-refractivity contribution in [2.45, 2.75) is 20.8 Å². The molecule has 0 heterocycles. The van der Waals surface area contributed by atoms with Crippen molar-refractivity contribution in [3.8, 4) is 11.1 Å². The molecule has 0 radical (unpaired) electrons. The van der Waals surface area contributed by atoms with E-state index in [2.05, 4.69) is 75.4 Å². The molecule has 0 fully saturated rings. The van der Waals surface area contributed by atoms with E-state index in [1.54, 1.807) is 0 Å². The van der Waals surface area contributed by atoms with Crippen molar-refractivity contribution in [3.05, 3.63) is 58.5 Å². The van der Waals surface area contributed by atoms with Gasteiger partial charge in [0.1, 0.15) is 0 Å². The number of hydrogen-bond donors (Lipinski definition) is 0. The minimum Gasteiger partial charge on any atom is -0.0798 e. The van der Waals surface area contributed by atoms with Crippen molar-refractivity contribution in [3.63, 3.8) is 0 Å². The average Bonchev–Trinajstić information content (AvgIpc) is 2.38. The molecule has 0 nitrogen and oxygen atoms in total. The van der Waals surface area contributed by atoms with E-state index in [1.165, 1.54) is 27.1 Å². The summed E-state index contributed by atoms with van der Waals surface area (Å²) in [4.78, 5) is 0. The molecule has 86 valence electrons. The predicted octanol–water partition coefficient (Wildman–Crippen LogP) is 3.26. The SMILES string of the molecule is C/C=c1/cccc(-c2ccc(C)cc2)/c1=C/C. The summed E-state index contributed by atoms with van der Waals surface area (Å²) in [6, 6.07) is 15.2. The molecule has 0 bridgehead atoms. The summed E-state index contributed by atoms with van der Waals surface area (Å²) in [5, 5.41) is 2.62. The van der Waals surface area contributed by atoms with E-state index in [-0.39, 0.29) is 0 Å². The van der Waals surface area contributed by atoms with Crippen LogP contribution in [0, 0.1) is 6.92 Å². The molecule has 0 aliphatic rings. The Hall–Kier alpha value is -1.82. The van der Waals surface area contributed by atoms with Crippen LogP contribution in [0.25, 0.3) is 23.3 Å². The molecule has 0 aliphatic heterocycles. The molecule has 0 unspecified atom stereocenters. The maximum atomic E-state index is 2.19. The highest BCUT2D eigenvalue weighted by atomic mass is 14.0. The molecule has 2 rings (SSSR count). The first-order valence-electron chi connectivity index (χ1n) is 6.05. The molecule has 17 heavy (non-hydrogen) atoms. The van der Waals surface area contributed by atoms with Gasteiger partial charge in [-0.25, -0.2) is 0 Å². The molecule has 0 amide bonds. The van der Waals surface area contributed by atoms with Crippen molar-refractivity contribution < 1.29 is 0 Å². The standard InChI is InChI=1S/C17H18/c1-4-14-7-6-8-17(16(14)5-2)15-11-9-13(3)10-12-15/h4-12H,1-3H3/b14-4-,16-5+. The van der Waals surface area contributed by atoms with Crippen molar-refractivity contribution in [2.24, 2.45) is 0 Å². The fourth-order valence-corrected chi connectivity index (χ4v) is 2.14. The maximum Gasteiger partial charge on any atom is -0.0109 e. The Morgan fingerprint density at radius 1 is 0.824 bits per heavy atom. The monoisotopic (exact) mass is 222 g/mol. The second-order valence-corrected chi connectivity index (χ2v) is 4.25. The minimum atomic E-state index is 1.28. The zero-order chi connectivity index (χ0) is 12.3. The van der Waals surface area contributed by atoms with Crippen molar-refractivity contribution >= 4 is 12.2 Å². The lowest BCUT2D eigenvalue weighted by Crippen LogP contribution is -2.25. The largest absolute Gasteiger partial charge is 0.0798 e. The molecule has 2 aromatic carbocycles. The summed E-state index contributed by atoms with van der Waals surface area (Å²) < 4.78 is 0. The number of rotatable bonds is 1. The molecular formula is C17H18. The average molecular weight is 222 g/mol. The van der Waals surface area contributed by atoms with Gasteiger partial charge < -0.3 is 0 Å². The predicted molar refractivity (Wildman–Crippen MR) is 76.1 cm³/mol. The lowest BCUT2D eigenvalue weighted by molar-refractivity contribution is 1.44. The van der Waals surface area contributed by atoms with E-state index in [1.807, 2.05) is 0 Å². The fourth-order valence-electron chi connectivity index (χ4n) is 2.14. The van der Waals surface area contributed by atoms with Crippen molar-refractivity contribution in [1.82, 2.24) is 0 Å². The van der Waals surface area contributed by atoms with Gasteiger partial charge in [-0.1, -0.05) is 60.2 Å². The summed E-state index contributed by atoms with van der Waals surface area (Å²) in [7, 11) is 0. The van der Waals surface area contributed by atoms with E-state index in [0.717, 1.165) is 0 Å². The van der Waals surface area contributed by atoms with Crippen molar-refractivity contribution in [2.75, 3.05) is 0 Å². The van der Waals surface area contributed by atoms with Gasteiger partial charge in [0.25, 0.3) is 0 Å². The van der Waals surface area contributed by atoms with Crippen LogP contribution in [0.1, 0.15) is 19.4 Å². The fraction of sp³-hybridized carbons (Fsp3) is 0.176. The Bertz CT molecular complexity index is 616. The number of benzene rings is 2. The topological polar surface area (TPSA) is 0 Å². The van der Waals surface area contributed by atoms with Gasteiger partial charge >= 0.3 is 0 Å². The van der Waals surface area contributed by atoms with Crippen LogP contribution in [0.2, 0.25) is 0 Å². The maximum absolute atomic E-state index is 2.19. The summed E-state index contributed by atoms with van der Waals surface area (Å²) in [6.45, 7) is 6.30. The summed E-state index contributed by atoms with van der Waals surface area (Å²) in [5.41, 5.74) is 3.89. The summed E-state index contributed by atoms with van der Waals surface area (Å²) >= 11 is 0. The molecule has 0 N–H and O–H groups in total. The first-order chi connectivity index (χ1) is 8.26. The van der Waals surface area contributed by atoms with E-state index >= 15 is 0 Å². The Labute approximate surface area is 103 Å². The zero-order valence-corrected chi connectivity index (χ0v) is 10.7. The smallest absolute Gasteiger partial charge is 0.0109 e. The second kappa shape index (κ2) is 5.01. The third-order valence-electron chi connectivity index (χ3n) is 3.10. The van der Waals surface area contributed by atoms with Gasteiger partial charge in [0.05, 0.1) is 0 Å². The normalized spacial score (nSPS) is 13.1. The first kappa shape index (κ1) is 11.7. The van der Waals surface area contributed by atoms with Crippen LogP contribution in [-0.2, 0) is 0 Å². The van der Waals surface area contributed by atoms with Crippen LogP contribution in [0.15, 0.2) is 42.5 Å². The van der Waals surface area contributed by atoms with Crippen LogP contribution >= 0.6 is 0 Å². The molecule has 0 aromatic heterocycles. The highest BCUT2D eigenvalue weighted by Crippen LogP contribution is 2.14. The van der Waals surface area contributed by atoms with Gasteiger partial charge in [0, 0.05) is 0 Å². The van der Waals surface area contributed by atoms with Gasteiger partial charge in [0.15, 0.2) is 0 Å². The molecule has 2 aromatic rings. The molecule has 0 saturated carbocycles. The molecule has 0 heteroatoms. The molecule has 0 aliphatic carbocycles. The third-order valence-corrected chi connectivity index (χ3v) is 3.10. The van der Waals surface area contributed by atoms with E-state index in [4.69, 9.17) is 0 Å². The molecule has 0 saturated heterocycles. The summed E-state index contributed by atoms with van der Waals surface area (Å²) in [6.07, 6.45) is 4.34. The Morgan fingerprint density at radius 2 is 1.53 bits per heavy atom. The quantitative estimate of drug-likeness (QED) is 0.694. The Balaban J connectivity index is 2.73. The van der Waals surface area contributed by atoms with E-state index in [9.17, 15) is 0 Å². The van der Waals surface area contributed by atoms with Crippen LogP contribution in [-0.4, -0.2) is 0 Å². The molecule has 0 spiro atoms. The number of hydrogen-bond acceptors (Lipinski definition) is 0. The Morgan fingerprint density at radius 3 is 2.12 bits per heavy atom. The number of aryl methyl sites for hydroxylation is 1. The van der Waals surface area contributed by atoms with E-state index < -0.39 is 0 Å². The summed E-state index contributed by atoms with van der Waals surface area (Å²) in [5.74, 6) is 0.